The number of fused-ring (bicyclic) bond motifs is 1. The third kappa shape index (κ3) is 2.32. The number of carboxylic acid groups (broad SMARTS) is 1. The van der Waals surface area contributed by atoms with Crippen LogP contribution in [0.3, 0.4) is 0 Å². The Bertz CT molecular complexity index is 1070. The zero-order valence-corrected chi connectivity index (χ0v) is 12.3. The Morgan fingerprint density at radius 3 is 2.62 bits per heavy atom. The van der Waals surface area contributed by atoms with Gasteiger partial charge in [-0.25, -0.2) is 9.18 Å². The molecule has 0 bridgehead atoms. The van der Waals surface area contributed by atoms with E-state index in [0.29, 0.717) is 0 Å². The number of aromatic carboxylic acids is 1. The monoisotopic (exact) mass is 331 g/mol. The van der Waals surface area contributed by atoms with E-state index < -0.39 is 27.7 Å². The molecule has 1 aromatic carbocycles. The summed E-state index contributed by atoms with van der Waals surface area (Å²) in [6.45, 7) is 0. The van der Waals surface area contributed by atoms with Crippen molar-refractivity contribution in [2.45, 2.75) is 0 Å². The normalized spacial score (nSPS) is 10.9. The van der Waals surface area contributed by atoms with E-state index in [1.54, 1.807) is 7.05 Å². The highest BCUT2D eigenvalue weighted by molar-refractivity contribution is 5.93. The largest absolute Gasteiger partial charge is 0.477 e. The van der Waals surface area contributed by atoms with E-state index in [4.69, 9.17) is 0 Å². The summed E-state index contributed by atoms with van der Waals surface area (Å²) in [5, 5.41) is 20.3. The first kappa shape index (κ1) is 15.4. The minimum absolute atomic E-state index is 0.0709. The summed E-state index contributed by atoms with van der Waals surface area (Å²) in [6.07, 6.45) is 3.67. The highest BCUT2D eigenvalue weighted by Crippen LogP contribution is 2.27. The van der Waals surface area contributed by atoms with Crippen LogP contribution in [0.25, 0.3) is 16.6 Å². The molecule has 3 aromatic rings. The van der Waals surface area contributed by atoms with Gasteiger partial charge in [0.2, 0.25) is 5.43 Å². The Morgan fingerprint density at radius 2 is 2.00 bits per heavy atom. The second-order valence-corrected chi connectivity index (χ2v) is 5.16. The lowest BCUT2D eigenvalue weighted by Gasteiger charge is -2.10. The second-order valence-electron chi connectivity index (χ2n) is 5.16. The van der Waals surface area contributed by atoms with Gasteiger partial charge >= 0.3 is 11.7 Å². The standard InChI is InChI=1S/C15H10FN3O5/c1-17-6-12(13(7-17)19(23)24)18-5-10(15(21)22)14(20)9-4-8(16)2-3-11(9)18/h2-7H,1H3,(H,21,22). The van der Waals surface area contributed by atoms with Gasteiger partial charge in [0.1, 0.15) is 17.1 Å². The Balaban J connectivity index is 2.49. The number of halogens is 1. The Kier molecular flexibility index (Phi) is 3.40. The van der Waals surface area contributed by atoms with Crippen LogP contribution >= 0.6 is 0 Å². The number of hydrogen-bond donors (Lipinski definition) is 1. The fraction of sp³-hybridized carbons (Fsp3) is 0.0667. The molecule has 9 heteroatoms. The summed E-state index contributed by atoms with van der Waals surface area (Å²) >= 11 is 0. The third-order valence-corrected chi connectivity index (χ3v) is 3.57. The van der Waals surface area contributed by atoms with E-state index in [2.05, 4.69) is 0 Å². The molecule has 0 aliphatic carbocycles. The summed E-state index contributed by atoms with van der Waals surface area (Å²) < 4.78 is 16.1. The van der Waals surface area contributed by atoms with Crippen molar-refractivity contribution in [2.24, 2.45) is 7.05 Å². The predicted molar refractivity (Wildman–Crippen MR) is 82.1 cm³/mol. The van der Waals surface area contributed by atoms with Crippen LogP contribution in [0.5, 0.6) is 0 Å². The maximum absolute atomic E-state index is 13.5. The molecule has 0 atom stereocenters. The molecule has 0 aliphatic rings. The van der Waals surface area contributed by atoms with Gasteiger partial charge in [0.05, 0.1) is 16.6 Å². The Labute approximate surface area is 133 Å². The van der Waals surface area contributed by atoms with Gasteiger partial charge in [0, 0.05) is 24.8 Å². The van der Waals surface area contributed by atoms with Gasteiger partial charge in [0.15, 0.2) is 0 Å². The fourth-order valence-corrected chi connectivity index (χ4v) is 2.54. The van der Waals surface area contributed by atoms with Crippen LogP contribution < -0.4 is 5.43 Å². The highest BCUT2D eigenvalue weighted by atomic mass is 19.1. The van der Waals surface area contributed by atoms with Crippen molar-refractivity contribution in [2.75, 3.05) is 0 Å². The van der Waals surface area contributed by atoms with Gasteiger partial charge < -0.3 is 14.2 Å². The lowest BCUT2D eigenvalue weighted by Crippen LogP contribution is -2.18. The van der Waals surface area contributed by atoms with Gasteiger partial charge in [-0.15, -0.1) is 0 Å². The van der Waals surface area contributed by atoms with Crippen molar-refractivity contribution in [3.8, 4) is 5.69 Å². The number of carboxylic acids is 1. The molecule has 8 nitrogen and oxygen atoms in total. The van der Waals surface area contributed by atoms with Crippen molar-refractivity contribution in [3.05, 3.63) is 68.5 Å². The minimum atomic E-state index is -1.50. The highest BCUT2D eigenvalue weighted by Gasteiger charge is 2.22. The predicted octanol–water partition coefficient (Wildman–Crippen LogP) is 2.07. The van der Waals surface area contributed by atoms with E-state index in [-0.39, 0.29) is 22.3 Å². The number of nitrogens with zero attached hydrogens (tertiary/aromatic N) is 3. The average Bonchev–Trinajstić information content (AvgIpc) is 2.90. The first-order valence-electron chi connectivity index (χ1n) is 6.68. The van der Waals surface area contributed by atoms with Crippen LogP contribution in [-0.2, 0) is 7.05 Å². The summed E-state index contributed by atoms with van der Waals surface area (Å²) in [5.41, 5.74) is -1.50. The molecule has 0 spiro atoms. The number of benzene rings is 1. The molecule has 0 unspecified atom stereocenters. The van der Waals surface area contributed by atoms with E-state index in [1.807, 2.05) is 0 Å². The van der Waals surface area contributed by atoms with E-state index in [9.17, 15) is 29.2 Å². The second kappa shape index (κ2) is 5.30. The fourth-order valence-electron chi connectivity index (χ4n) is 2.54. The lowest BCUT2D eigenvalue weighted by atomic mass is 10.1. The summed E-state index contributed by atoms with van der Waals surface area (Å²) in [7, 11) is 1.57. The molecule has 0 radical (unpaired) electrons. The molecule has 2 heterocycles. The van der Waals surface area contributed by atoms with Crippen molar-refractivity contribution >= 4 is 22.6 Å². The quantitative estimate of drug-likeness (QED) is 0.584. The number of nitro groups is 1. The molecule has 0 saturated carbocycles. The molecular weight excluding hydrogens is 321 g/mol. The van der Waals surface area contributed by atoms with Crippen LogP contribution in [0.15, 0.2) is 41.6 Å². The number of aryl methyl sites for hydroxylation is 1. The van der Waals surface area contributed by atoms with Crippen molar-refractivity contribution in [3.63, 3.8) is 0 Å². The number of aromatic nitrogens is 2. The van der Waals surface area contributed by atoms with Gasteiger partial charge in [0.25, 0.3) is 0 Å². The van der Waals surface area contributed by atoms with Crippen LogP contribution in [0.2, 0.25) is 0 Å². The van der Waals surface area contributed by atoms with Crippen molar-refractivity contribution < 1.29 is 19.2 Å². The molecule has 3 rings (SSSR count). The Morgan fingerprint density at radius 1 is 1.29 bits per heavy atom. The molecular formula is C15H10FN3O5. The number of hydrogen-bond acceptors (Lipinski definition) is 4. The lowest BCUT2D eigenvalue weighted by molar-refractivity contribution is -0.384. The number of carbonyl (C=O) groups is 1. The van der Waals surface area contributed by atoms with Gasteiger partial charge in [-0.1, -0.05) is 0 Å². The third-order valence-electron chi connectivity index (χ3n) is 3.57. The van der Waals surface area contributed by atoms with E-state index in [0.717, 1.165) is 18.3 Å². The molecule has 2 aromatic heterocycles. The van der Waals surface area contributed by atoms with Crippen LogP contribution in [0, 0.1) is 15.9 Å². The molecule has 0 saturated heterocycles. The van der Waals surface area contributed by atoms with E-state index in [1.165, 1.54) is 27.6 Å². The topological polar surface area (TPSA) is 107 Å². The average molecular weight is 331 g/mol. The summed E-state index contributed by atoms with van der Waals surface area (Å²) in [4.78, 5) is 34.1. The summed E-state index contributed by atoms with van der Waals surface area (Å²) in [5.74, 6) is -2.21. The van der Waals surface area contributed by atoms with Crippen molar-refractivity contribution in [1.82, 2.24) is 9.13 Å². The number of rotatable bonds is 3. The Hall–Kier alpha value is -3.49. The van der Waals surface area contributed by atoms with Gasteiger partial charge in [-0.3, -0.25) is 14.9 Å². The van der Waals surface area contributed by atoms with Gasteiger partial charge in [-0.2, -0.15) is 0 Å². The zero-order chi connectivity index (χ0) is 17.6. The van der Waals surface area contributed by atoms with Crippen molar-refractivity contribution in [1.29, 1.82) is 0 Å². The number of pyridine rings is 1. The minimum Gasteiger partial charge on any atom is -0.477 e. The maximum Gasteiger partial charge on any atom is 0.341 e. The van der Waals surface area contributed by atoms with Gasteiger partial charge in [-0.05, 0) is 18.2 Å². The molecule has 0 aliphatic heterocycles. The molecule has 1 N–H and O–H groups in total. The molecule has 0 fully saturated rings. The maximum atomic E-state index is 13.5. The van der Waals surface area contributed by atoms with Crippen LogP contribution in [0.1, 0.15) is 10.4 Å². The molecule has 122 valence electrons. The molecule has 0 amide bonds. The van der Waals surface area contributed by atoms with Crippen LogP contribution in [0.4, 0.5) is 10.1 Å². The summed E-state index contributed by atoms with van der Waals surface area (Å²) in [6, 6.07) is 3.28. The first-order chi connectivity index (χ1) is 11.3. The van der Waals surface area contributed by atoms with Crippen LogP contribution in [-0.4, -0.2) is 25.1 Å². The first-order valence-corrected chi connectivity index (χ1v) is 6.68. The molecule has 24 heavy (non-hydrogen) atoms. The van der Waals surface area contributed by atoms with E-state index >= 15 is 0 Å². The zero-order valence-electron chi connectivity index (χ0n) is 12.3. The smallest absolute Gasteiger partial charge is 0.341 e. The SMILES string of the molecule is Cn1cc(-n2cc(C(=O)O)c(=O)c3cc(F)ccc32)c([N+](=O)[O-])c1.